The van der Waals surface area contributed by atoms with Crippen molar-refractivity contribution < 1.29 is 0 Å². The molecule has 0 spiro atoms. The van der Waals surface area contributed by atoms with Gasteiger partial charge in [0.05, 0.1) is 22.6 Å². The summed E-state index contributed by atoms with van der Waals surface area (Å²) in [5, 5.41) is 8.04. The predicted octanol–water partition coefficient (Wildman–Crippen LogP) is 3.37. The van der Waals surface area contributed by atoms with E-state index in [-0.39, 0.29) is 0 Å². The monoisotopic (exact) mass is 307 g/mol. The van der Waals surface area contributed by atoms with Crippen LogP contribution in [0.1, 0.15) is 0 Å². The predicted molar refractivity (Wildman–Crippen MR) is 80.7 cm³/mol. The first-order valence-electron chi connectivity index (χ1n) is 5.84. The zero-order valence-corrected chi connectivity index (χ0v) is 12.1. The number of imidazole rings is 1. The molecule has 5 nitrogen and oxygen atoms in total. The number of nitrogen functional groups attached to an aromatic ring is 1. The number of nitrogens with zero attached hydrogens (tertiary/aromatic N) is 3. The van der Waals surface area contributed by atoms with Crippen molar-refractivity contribution in [2.75, 3.05) is 5.73 Å². The number of hydrogen-bond donors (Lipinski definition) is 2. The topological polar surface area (TPSA) is 72.5 Å². The molecule has 0 amide bonds. The molecule has 3 N–H and O–H groups in total. The second-order valence-electron chi connectivity index (χ2n) is 4.41. The molecule has 2 heterocycles. The van der Waals surface area contributed by atoms with Crippen molar-refractivity contribution in [3.63, 3.8) is 0 Å². The fraction of sp³-hybridized carbons (Fsp3) is 0.0769. The summed E-state index contributed by atoms with van der Waals surface area (Å²) in [6, 6.07) is 5.25. The number of H-pyrrole nitrogens is 1. The average molecular weight is 308 g/mol. The van der Waals surface area contributed by atoms with Crippen LogP contribution in [0.2, 0.25) is 10.0 Å². The van der Waals surface area contributed by atoms with Gasteiger partial charge in [-0.1, -0.05) is 29.3 Å². The highest BCUT2D eigenvalue weighted by Gasteiger charge is 2.18. The minimum Gasteiger partial charge on any atom is -0.382 e. The molecule has 3 rings (SSSR count). The Balaban J connectivity index is 2.21. The molecule has 3 aromatic rings. The number of hydrogen-bond acceptors (Lipinski definition) is 3. The van der Waals surface area contributed by atoms with Crippen molar-refractivity contribution in [3.05, 3.63) is 40.8 Å². The molecular weight excluding hydrogens is 297 g/mol. The lowest BCUT2D eigenvalue weighted by Gasteiger charge is -2.05. The summed E-state index contributed by atoms with van der Waals surface area (Å²) in [5.74, 6) is 0.370. The van der Waals surface area contributed by atoms with Crippen LogP contribution in [0, 0.1) is 0 Å². The third-order valence-corrected chi connectivity index (χ3v) is 3.50. The van der Waals surface area contributed by atoms with Gasteiger partial charge in [0.2, 0.25) is 0 Å². The lowest BCUT2D eigenvalue weighted by Crippen LogP contribution is -1.90. The molecule has 102 valence electrons. The van der Waals surface area contributed by atoms with Crippen molar-refractivity contribution in [2.24, 2.45) is 7.05 Å². The Morgan fingerprint density at radius 1 is 1.30 bits per heavy atom. The van der Waals surface area contributed by atoms with Gasteiger partial charge >= 0.3 is 0 Å². The van der Waals surface area contributed by atoms with Gasteiger partial charge in [0.1, 0.15) is 5.69 Å². The lowest BCUT2D eigenvalue weighted by atomic mass is 10.0. The van der Waals surface area contributed by atoms with E-state index in [1.54, 1.807) is 18.5 Å². The van der Waals surface area contributed by atoms with E-state index in [4.69, 9.17) is 28.9 Å². The summed E-state index contributed by atoms with van der Waals surface area (Å²) in [5.41, 5.74) is 8.93. The number of nitrogens with one attached hydrogen (secondary N) is 1. The Morgan fingerprint density at radius 3 is 2.75 bits per heavy atom. The molecule has 0 aliphatic rings. The van der Waals surface area contributed by atoms with Gasteiger partial charge in [-0.2, -0.15) is 5.10 Å². The summed E-state index contributed by atoms with van der Waals surface area (Å²) in [6.45, 7) is 0. The number of aryl methyl sites for hydroxylation is 1. The summed E-state index contributed by atoms with van der Waals surface area (Å²) in [7, 11) is 1.89. The van der Waals surface area contributed by atoms with Crippen LogP contribution in [-0.2, 0) is 7.05 Å². The quantitative estimate of drug-likeness (QED) is 0.762. The van der Waals surface area contributed by atoms with Crippen LogP contribution in [0.25, 0.3) is 22.5 Å². The van der Waals surface area contributed by atoms with Crippen LogP contribution in [0.3, 0.4) is 0 Å². The fourth-order valence-electron chi connectivity index (χ4n) is 2.05. The van der Waals surface area contributed by atoms with Crippen molar-refractivity contribution in [1.29, 1.82) is 0 Å². The van der Waals surface area contributed by atoms with Gasteiger partial charge in [-0.05, 0) is 12.1 Å². The molecule has 1 aromatic carbocycles. The van der Waals surface area contributed by atoms with E-state index in [2.05, 4.69) is 15.2 Å². The number of aromatic nitrogens is 4. The molecule has 0 saturated carbocycles. The highest BCUT2D eigenvalue weighted by atomic mass is 35.5. The maximum absolute atomic E-state index is 6.25. The summed E-state index contributed by atoms with van der Waals surface area (Å²) in [4.78, 5) is 4.30. The molecule has 0 saturated heterocycles. The fourth-order valence-corrected chi connectivity index (χ4v) is 2.55. The van der Waals surface area contributed by atoms with Crippen LogP contribution in [-0.4, -0.2) is 19.7 Å². The second kappa shape index (κ2) is 4.85. The van der Waals surface area contributed by atoms with E-state index in [0.29, 0.717) is 15.9 Å². The van der Waals surface area contributed by atoms with Crippen LogP contribution in [0.4, 0.5) is 5.82 Å². The van der Waals surface area contributed by atoms with E-state index in [0.717, 1.165) is 22.5 Å². The first-order valence-corrected chi connectivity index (χ1v) is 6.59. The number of nitrogens with two attached hydrogens (primary N) is 1. The van der Waals surface area contributed by atoms with Gasteiger partial charge < -0.3 is 10.3 Å². The third-order valence-electron chi connectivity index (χ3n) is 2.96. The van der Waals surface area contributed by atoms with Gasteiger partial charge in [0.25, 0.3) is 0 Å². The van der Waals surface area contributed by atoms with E-state index in [1.807, 2.05) is 23.9 Å². The van der Waals surface area contributed by atoms with Gasteiger partial charge in [-0.15, -0.1) is 0 Å². The van der Waals surface area contributed by atoms with Crippen LogP contribution in [0.5, 0.6) is 0 Å². The summed E-state index contributed by atoms with van der Waals surface area (Å²) in [6.07, 6.45) is 3.58. The number of rotatable bonds is 2. The van der Waals surface area contributed by atoms with Gasteiger partial charge in [0, 0.05) is 23.8 Å². The molecular formula is C13H11Cl2N5. The Kier molecular flexibility index (Phi) is 3.16. The molecule has 20 heavy (non-hydrogen) atoms. The summed E-state index contributed by atoms with van der Waals surface area (Å²) >= 11 is 12.2. The smallest absolute Gasteiger partial charge is 0.153 e. The molecule has 0 fully saturated rings. The maximum Gasteiger partial charge on any atom is 0.153 e. The van der Waals surface area contributed by atoms with Crippen molar-refractivity contribution >= 4 is 29.0 Å². The van der Waals surface area contributed by atoms with Crippen molar-refractivity contribution in [1.82, 2.24) is 19.7 Å². The molecule has 0 atom stereocenters. The van der Waals surface area contributed by atoms with E-state index >= 15 is 0 Å². The standard InChI is InChI=1S/C13H11Cl2N5/c1-20-5-10(17-6-20)12-11(13(16)19-18-12)8-3-2-7(14)4-9(8)15/h2-6H,1H3,(H3,16,18,19). The van der Waals surface area contributed by atoms with E-state index in [1.165, 1.54) is 0 Å². The normalized spacial score (nSPS) is 10.9. The van der Waals surface area contributed by atoms with Gasteiger partial charge in [-0.25, -0.2) is 4.98 Å². The van der Waals surface area contributed by atoms with Gasteiger partial charge in [0.15, 0.2) is 5.82 Å². The molecule has 7 heteroatoms. The maximum atomic E-state index is 6.25. The van der Waals surface area contributed by atoms with Gasteiger partial charge in [-0.3, -0.25) is 5.10 Å². The van der Waals surface area contributed by atoms with E-state index in [9.17, 15) is 0 Å². The first-order chi connectivity index (χ1) is 9.56. The zero-order valence-electron chi connectivity index (χ0n) is 10.6. The number of aromatic amines is 1. The molecule has 0 aliphatic carbocycles. The first kappa shape index (κ1) is 13.0. The molecule has 0 radical (unpaired) electrons. The highest BCUT2D eigenvalue weighted by Crippen LogP contribution is 2.38. The Bertz CT molecular complexity index is 775. The third kappa shape index (κ3) is 2.15. The lowest BCUT2D eigenvalue weighted by molar-refractivity contribution is 0.913. The van der Waals surface area contributed by atoms with Crippen molar-refractivity contribution in [2.45, 2.75) is 0 Å². The molecule has 0 unspecified atom stereocenters. The minimum atomic E-state index is 0.370. The van der Waals surface area contributed by atoms with Crippen LogP contribution < -0.4 is 5.73 Å². The van der Waals surface area contributed by atoms with E-state index < -0.39 is 0 Å². The molecule has 0 bridgehead atoms. The minimum absolute atomic E-state index is 0.370. The van der Waals surface area contributed by atoms with Crippen LogP contribution in [0.15, 0.2) is 30.7 Å². The number of benzene rings is 1. The average Bonchev–Trinajstić information content (AvgIpc) is 2.96. The highest BCUT2D eigenvalue weighted by molar-refractivity contribution is 6.36. The molecule has 0 aliphatic heterocycles. The Morgan fingerprint density at radius 2 is 2.10 bits per heavy atom. The summed E-state index contributed by atoms with van der Waals surface area (Å²) < 4.78 is 1.85. The largest absolute Gasteiger partial charge is 0.382 e. The second-order valence-corrected chi connectivity index (χ2v) is 5.25. The SMILES string of the molecule is Cn1cnc(-c2[nH]nc(N)c2-c2ccc(Cl)cc2Cl)c1. The molecule has 2 aromatic heterocycles. The van der Waals surface area contributed by atoms with Crippen molar-refractivity contribution in [3.8, 4) is 22.5 Å². The zero-order chi connectivity index (χ0) is 14.3. The van der Waals surface area contributed by atoms with Crippen LogP contribution >= 0.6 is 23.2 Å². The Labute approximate surface area is 125 Å². The Hall–Kier alpha value is -1.98. The number of halogens is 2. The number of anilines is 1.